The van der Waals surface area contributed by atoms with Gasteiger partial charge in [-0.25, -0.2) is 0 Å². The first-order valence-corrected chi connectivity index (χ1v) is 6.64. The molecular formula is C12H16F3NS. The Morgan fingerprint density at radius 3 is 2.35 bits per heavy atom. The Labute approximate surface area is 104 Å². The highest BCUT2D eigenvalue weighted by atomic mass is 32.2. The maximum atomic E-state index is 11.9. The van der Waals surface area contributed by atoms with Crippen LogP contribution in [0.5, 0.6) is 0 Å². The largest absolute Gasteiger partial charge is 0.389 e. The molecule has 0 unspecified atom stereocenters. The van der Waals surface area contributed by atoms with Crippen molar-refractivity contribution < 1.29 is 13.2 Å². The molecular weight excluding hydrogens is 247 g/mol. The molecule has 17 heavy (non-hydrogen) atoms. The number of hydrogen-bond donors (Lipinski definition) is 1. The van der Waals surface area contributed by atoms with Crippen LogP contribution >= 0.6 is 11.8 Å². The molecule has 0 amide bonds. The summed E-state index contributed by atoms with van der Waals surface area (Å²) in [4.78, 5) is 1.19. The summed E-state index contributed by atoms with van der Waals surface area (Å²) >= 11 is 1.67. The van der Waals surface area contributed by atoms with Crippen LogP contribution in [-0.4, -0.2) is 19.0 Å². The van der Waals surface area contributed by atoms with Crippen LogP contribution in [0.2, 0.25) is 0 Å². The molecule has 0 radical (unpaired) electrons. The Bertz CT molecular complexity index is 322. The fourth-order valence-corrected chi connectivity index (χ4v) is 1.80. The van der Waals surface area contributed by atoms with Gasteiger partial charge >= 0.3 is 6.18 Å². The number of thioether (sulfide) groups is 1. The van der Waals surface area contributed by atoms with Crippen molar-refractivity contribution in [1.82, 2.24) is 5.32 Å². The lowest BCUT2D eigenvalue weighted by Crippen LogP contribution is -2.17. The van der Waals surface area contributed by atoms with Crippen molar-refractivity contribution in [1.29, 1.82) is 0 Å². The summed E-state index contributed by atoms with van der Waals surface area (Å²) in [5.74, 6) is 0. The van der Waals surface area contributed by atoms with Crippen molar-refractivity contribution in [2.75, 3.05) is 12.8 Å². The van der Waals surface area contributed by atoms with Gasteiger partial charge in [-0.05, 0) is 36.9 Å². The molecule has 0 atom stereocenters. The minimum absolute atomic E-state index is 0.131. The molecule has 0 heterocycles. The molecule has 1 aromatic rings. The van der Waals surface area contributed by atoms with Crippen molar-refractivity contribution in [2.24, 2.45) is 0 Å². The molecule has 1 rings (SSSR count). The average molecular weight is 263 g/mol. The van der Waals surface area contributed by atoms with E-state index in [1.807, 2.05) is 30.5 Å². The van der Waals surface area contributed by atoms with E-state index in [0.717, 1.165) is 5.56 Å². The highest BCUT2D eigenvalue weighted by Crippen LogP contribution is 2.20. The van der Waals surface area contributed by atoms with E-state index in [-0.39, 0.29) is 6.42 Å². The summed E-state index contributed by atoms with van der Waals surface area (Å²) in [6, 6.07) is 8.00. The first-order valence-electron chi connectivity index (χ1n) is 5.41. The second kappa shape index (κ2) is 6.91. The lowest BCUT2D eigenvalue weighted by atomic mass is 10.2. The second-order valence-electron chi connectivity index (χ2n) is 3.74. The quantitative estimate of drug-likeness (QED) is 0.618. The van der Waals surface area contributed by atoms with E-state index >= 15 is 0 Å². The molecule has 96 valence electrons. The summed E-state index contributed by atoms with van der Waals surface area (Å²) in [5.41, 5.74) is 1.09. The zero-order valence-corrected chi connectivity index (χ0v) is 10.5. The normalized spacial score (nSPS) is 11.8. The van der Waals surface area contributed by atoms with E-state index in [0.29, 0.717) is 13.1 Å². The smallest absolute Gasteiger partial charge is 0.313 e. The number of hydrogen-bond acceptors (Lipinski definition) is 2. The summed E-state index contributed by atoms with van der Waals surface area (Å²) in [5, 5.41) is 3.00. The van der Waals surface area contributed by atoms with Gasteiger partial charge in [0, 0.05) is 17.9 Å². The van der Waals surface area contributed by atoms with Gasteiger partial charge in [-0.15, -0.1) is 11.8 Å². The Morgan fingerprint density at radius 1 is 1.18 bits per heavy atom. The van der Waals surface area contributed by atoms with Crippen LogP contribution < -0.4 is 5.32 Å². The van der Waals surface area contributed by atoms with Crippen molar-refractivity contribution >= 4 is 11.8 Å². The minimum atomic E-state index is -4.04. The lowest BCUT2D eigenvalue weighted by molar-refractivity contribution is -0.135. The van der Waals surface area contributed by atoms with E-state index in [1.165, 1.54) is 4.90 Å². The van der Waals surface area contributed by atoms with Gasteiger partial charge in [0.1, 0.15) is 0 Å². The fourth-order valence-electron chi connectivity index (χ4n) is 1.39. The van der Waals surface area contributed by atoms with Crippen LogP contribution in [0.1, 0.15) is 18.4 Å². The van der Waals surface area contributed by atoms with E-state index in [9.17, 15) is 13.2 Å². The zero-order valence-electron chi connectivity index (χ0n) is 9.68. The number of benzene rings is 1. The van der Waals surface area contributed by atoms with Crippen molar-refractivity contribution in [3.63, 3.8) is 0 Å². The van der Waals surface area contributed by atoms with Crippen LogP contribution in [-0.2, 0) is 6.54 Å². The van der Waals surface area contributed by atoms with Gasteiger partial charge in [0.25, 0.3) is 0 Å². The van der Waals surface area contributed by atoms with Gasteiger partial charge in [0.15, 0.2) is 0 Å². The highest BCUT2D eigenvalue weighted by molar-refractivity contribution is 7.98. The molecule has 0 aliphatic heterocycles. The SMILES string of the molecule is CSc1ccc(CNCCCC(F)(F)F)cc1. The molecule has 0 saturated heterocycles. The van der Waals surface area contributed by atoms with E-state index in [1.54, 1.807) is 11.8 Å². The first-order chi connectivity index (χ1) is 8.01. The standard InChI is InChI=1S/C12H16F3NS/c1-17-11-5-3-10(4-6-11)9-16-8-2-7-12(13,14)15/h3-6,16H,2,7-9H2,1H3. The van der Waals surface area contributed by atoms with Crippen LogP contribution in [0.3, 0.4) is 0 Å². The van der Waals surface area contributed by atoms with Gasteiger partial charge in [0.2, 0.25) is 0 Å². The molecule has 0 aliphatic rings. The monoisotopic (exact) mass is 263 g/mol. The molecule has 1 nitrogen and oxygen atoms in total. The maximum absolute atomic E-state index is 11.9. The summed E-state index contributed by atoms with van der Waals surface area (Å²) in [6.07, 6.45) is -2.62. The highest BCUT2D eigenvalue weighted by Gasteiger charge is 2.25. The Balaban J connectivity index is 2.18. The van der Waals surface area contributed by atoms with Crippen molar-refractivity contribution in [3.05, 3.63) is 29.8 Å². The molecule has 0 aromatic heterocycles. The topological polar surface area (TPSA) is 12.0 Å². The third kappa shape index (κ3) is 6.58. The van der Waals surface area contributed by atoms with Crippen LogP contribution in [0, 0.1) is 0 Å². The fraction of sp³-hybridized carbons (Fsp3) is 0.500. The molecule has 5 heteroatoms. The maximum Gasteiger partial charge on any atom is 0.389 e. The lowest BCUT2D eigenvalue weighted by Gasteiger charge is -2.07. The predicted octanol–water partition coefficient (Wildman–Crippen LogP) is 3.84. The number of alkyl halides is 3. The number of rotatable bonds is 6. The second-order valence-corrected chi connectivity index (χ2v) is 4.62. The summed E-state index contributed by atoms with van der Waals surface area (Å²) in [7, 11) is 0. The van der Waals surface area contributed by atoms with Gasteiger partial charge in [-0.1, -0.05) is 12.1 Å². The molecule has 1 aromatic carbocycles. The van der Waals surface area contributed by atoms with Gasteiger partial charge in [0.05, 0.1) is 0 Å². The Hall–Kier alpha value is -0.680. The third-order valence-corrected chi connectivity index (χ3v) is 3.05. The molecule has 0 saturated carbocycles. The van der Waals surface area contributed by atoms with Gasteiger partial charge in [-0.2, -0.15) is 13.2 Å². The number of halogens is 3. The van der Waals surface area contributed by atoms with Crippen molar-refractivity contribution in [2.45, 2.75) is 30.5 Å². The third-order valence-electron chi connectivity index (χ3n) is 2.30. The van der Waals surface area contributed by atoms with E-state index < -0.39 is 12.6 Å². The number of nitrogens with one attached hydrogen (secondary N) is 1. The molecule has 0 aliphatic carbocycles. The van der Waals surface area contributed by atoms with E-state index in [2.05, 4.69) is 5.32 Å². The molecule has 0 fully saturated rings. The molecule has 0 bridgehead atoms. The van der Waals surface area contributed by atoms with Gasteiger partial charge < -0.3 is 5.32 Å². The zero-order chi connectivity index (χ0) is 12.7. The van der Waals surface area contributed by atoms with Gasteiger partial charge in [-0.3, -0.25) is 0 Å². The predicted molar refractivity (Wildman–Crippen MR) is 65.2 cm³/mol. The first kappa shape index (κ1) is 14.4. The van der Waals surface area contributed by atoms with Crippen LogP contribution in [0.4, 0.5) is 13.2 Å². The van der Waals surface area contributed by atoms with Crippen LogP contribution in [0.25, 0.3) is 0 Å². The average Bonchev–Trinajstić information content (AvgIpc) is 2.28. The van der Waals surface area contributed by atoms with Crippen LogP contribution in [0.15, 0.2) is 29.2 Å². The summed E-state index contributed by atoms with van der Waals surface area (Å²) < 4.78 is 35.6. The van der Waals surface area contributed by atoms with Crippen molar-refractivity contribution in [3.8, 4) is 0 Å². The Morgan fingerprint density at radius 2 is 1.82 bits per heavy atom. The molecule has 0 spiro atoms. The molecule has 1 N–H and O–H groups in total. The summed E-state index contributed by atoms with van der Waals surface area (Å²) in [6.45, 7) is 1.01. The van der Waals surface area contributed by atoms with E-state index in [4.69, 9.17) is 0 Å². The minimum Gasteiger partial charge on any atom is -0.313 e. The Kier molecular flexibility index (Phi) is 5.85.